The van der Waals surface area contributed by atoms with Crippen LogP contribution in [-0.2, 0) is 9.98 Å². The summed E-state index contributed by atoms with van der Waals surface area (Å²) in [5.41, 5.74) is 10.8. The lowest BCUT2D eigenvalue weighted by molar-refractivity contribution is 0.592. The van der Waals surface area contributed by atoms with Crippen LogP contribution in [0.5, 0.6) is 0 Å². The van der Waals surface area contributed by atoms with Crippen molar-refractivity contribution in [3.8, 4) is 16.8 Å². The van der Waals surface area contributed by atoms with E-state index in [-0.39, 0.29) is 0 Å². The lowest BCUT2D eigenvalue weighted by atomic mass is 9.67. The average Bonchev–Trinajstić information content (AvgIpc) is 3.71. The summed E-state index contributed by atoms with van der Waals surface area (Å²) in [5, 5.41) is 4.94. The van der Waals surface area contributed by atoms with Crippen LogP contribution in [0.25, 0.3) is 38.6 Å². The summed E-state index contributed by atoms with van der Waals surface area (Å²) in [6, 6.07) is 68.8. The summed E-state index contributed by atoms with van der Waals surface area (Å²) >= 11 is 1.88. The molecule has 0 bridgehead atoms. The minimum atomic E-state index is -3.11. The van der Waals surface area contributed by atoms with Crippen molar-refractivity contribution in [2.24, 2.45) is 0 Å². The fourth-order valence-corrected chi connectivity index (χ4v) is 13.0. The van der Waals surface area contributed by atoms with Gasteiger partial charge in [0, 0.05) is 42.2 Å². The second-order valence-electron chi connectivity index (χ2n) is 14.0. The largest absolute Gasteiger partial charge is 0.309 e. The molecule has 0 saturated heterocycles. The molecular formula is C49H32NOPS. The lowest BCUT2D eigenvalue weighted by Gasteiger charge is -2.39. The molecule has 53 heavy (non-hydrogen) atoms. The summed E-state index contributed by atoms with van der Waals surface area (Å²) in [6.45, 7) is 0. The smallest absolute Gasteiger partial charge is 0.171 e. The van der Waals surface area contributed by atoms with Crippen molar-refractivity contribution in [3.05, 3.63) is 216 Å². The molecule has 0 fully saturated rings. The molecule has 9 aromatic rings. The Labute approximate surface area is 312 Å². The fraction of sp³-hybridized carbons (Fsp3) is 0.0204. The zero-order chi connectivity index (χ0) is 35.1. The van der Waals surface area contributed by atoms with E-state index in [9.17, 15) is 0 Å². The summed E-state index contributed by atoms with van der Waals surface area (Å²) in [5.74, 6) is 0. The highest BCUT2D eigenvalue weighted by Gasteiger charge is 2.50. The first kappa shape index (κ1) is 30.7. The van der Waals surface area contributed by atoms with Gasteiger partial charge in [0.25, 0.3) is 0 Å². The van der Waals surface area contributed by atoms with Crippen molar-refractivity contribution in [1.82, 2.24) is 4.57 Å². The van der Waals surface area contributed by atoms with Gasteiger partial charge < -0.3 is 9.13 Å². The number of benzene rings is 8. The minimum Gasteiger partial charge on any atom is -0.309 e. The normalized spacial score (nSPS) is 13.8. The maximum Gasteiger partial charge on any atom is 0.171 e. The molecule has 0 radical (unpaired) electrons. The SMILES string of the molecule is O=P(c1ccccc1)(c1ccccc1)c1ccc(-n2c3ccccc3c3cc4c(cc32)C2(c3ccccc3S4)c3ccccc3-c3ccccc32)cc1. The van der Waals surface area contributed by atoms with E-state index >= 15 is 4.57 Å². The zero-order valence-electron chi connectivity index (χ0n) is 28.7. The van der Waals surface area contributed by atoms with Crippen molar-refractivity contribution >= 4 is 56.6 Å². The summed E-state index contributed by atoms with van der Waals surface area (Å²) in [6.07, 6.45) is 0. The summed E-state index contributed by atoms with van der Waals surface area (Å²) in [7, 11) is -3.11. The lowest BCUT2D eigenvalue weighted by Crippen LogP contribution is -2.32. The molecule has 4 heteroatoms. The molecule has 2 heterocycles. The Morgan fingerprint density at radius 2 is 0.943 bits per heavy atom. The van der Waals surface area contributed by atoms with E-state index in [4.69, 9.17) is 0 Å². The van der Waals surface area contributed by atoms with Crippen molar-refractivity contribution < 1.29 is 4.57 Å². The van der Waals surface area contributed by atoms with Crippen LogP contribution >= 0.6 is 18.9 Å². The van der Waals surface area contributed by atoms with Crippen LogP contribution in [0.1, 0.15) is 22.3 Å². The molecule has 1 aromatic heterocycles. The predicted molar refractivity (Wildman–Crippen MR) is 222 cm³/mol. The number of fused-ring (bicyclic) bond motifs is 12. The summed E-state index contributed by atoms with van der Waals surface area (Å²) in [4.78, 5) is 2.58. The van der Waals surface area contributed by atoms with E-state index in [0.29, 0.717) is 0 Å². The van der Waals surface area contributed by atoms with Gasteiger partial charge in [-0.1, -0.05) is 157 Å². The maximum atomic E-state index is 15.2. The van der Waals surface area contributed by atoms with Crippen LogP contribution in [0.15, 0.2) is 204 Å². The average molecular weight is 714 g/mol. The number of para-hydroxylation sites is 1. The molecule has 250 valence electrons. The number of hydrogen-bond acceptors (Lipinski definition) is 2. The standard InChI is InChI=1S/C49H32NOPS/c51-52(34-15-3-1-4-16-34,35-17-5-2-6-18-35)36-29-27-33(28-30-36)50-45-25-13-9-21-39(45)40-31-48-44(32-46(40)50)49(43-24-12-14-26-47(43)53-48)41-22-10-7-19-37(41)38-20-8-11-23-42(38)49/h1-32H. The molecule has 0 saturated carbocycles. The quantitative estimate of drug-likeness (QED) is 0.169. The number of hydrogen-bond donors (Lipinski definition) is 0. The van der Waals surface area contributed by atoms with Gasteiger partial charge in [0.1, 0.15) is 0 Å². The minimum absolute atomic E-state index is 0.457. The molecule has 2 aliphatic rings. The predicted octanol–water partition coefficient (Wildman–Crippen LogP) is 11.3. The first-order valence-electron chi connectivity index (χ1n) is 18.0. The molecule has 1 aliphatic heterocycles. The first-order valence-corrected chi connectivity index (χ1v) is 20.6. The molecule has 0 N–H and O–H groups in total. The first-order chi connectivity index (χ1) is 26.2. The van der Waals surface area contributed by atoms with Gasteiger partial charge in [-0.2, -0.15) is 0 Å². The van der Waals surface area contributed by atoms with Gasteiger partial charge in [-0.05, 0) is 81.9 Å². The third-order valence-corrected chi connectivity index (χ3v) is 15.6. The van der Waals surface area contributed by atoms with Crippen molar-refractivity contribution in [3.63, 3.8) is 0 Å². The van der Waals surface area contributed by atoms with Crippen LogP contribution in [0, 0.1) is 0 Å². The molecule has 8 aromatic carbocycles. The number of nitrogens with zero attached hydrogens (tertiary/aromatic N) is 1. The molecule has 2 nitrogen and oxygen atoms in total. The Morgan fingerprint density at radius 3 is 1.60 bits per heavy atom. The van der Waals surface area contributed by atoms with Crippen LogP contribution in [-0.4, -0.2) is 4.57 Å². The molecule has 1 aliphatic carbocycles. The molecule has 0 unspecified atom stereocenters. The van der Waals surface area contributed by atoms with E-state index in [1.54, 1.807) is 0 Å². The Hall–Kier alpha value is -5.86. The molecule has 1 spiro atoms. The van der Waals surface area contributed by atoms with Crippen LogP contribution in [0.4, 0.5) is 0 Å². The monoisotopic (exact) mass is 713 g/mol. The second-order valence-corrected chi connectivity index (χ2v) is 17.8. The Kier molecular flexibility index (Phi) is 6.71. The van der Waals surface area contributed by atoms with E-state index in [1.807, 2.05) is 72.4 Å². The van der Waals surface area contributed by atoms with Gasteiger partial charge in [-0.15, -0.1) is 0 Å². The van der Waals surface area contributed by atoms with Crippen LogP contribution < -0.4 is 15.9 Å². The van der Waals surface area contributed by atoms with Crippen LogP contribution in [0.3, 0.4) is 0 Å². The Bertz CT molecular complexity index is 2860. The highest BCUT2D eigenvalue weighted by Crippen LogP contribution is 2.62. The number of rotatable bonds is 4. The third-order valence-electron chi connectivity index (χ3n) is 11.4. The highest BCUT2D eigenvalue weighted by atomic mass is 32.2. The topological polar surface area (TPSA) is 22.0 Å². The molecule has 11 rings (SSSR count). The van der Waals surface area contributed by atoms with Crippen molar-refractivity contribution in [1.29, 1.82) is 0 Å². The number of aromatic nitrogens is 1. The third kappa shape index (κ3) is 4.21. The van der Waals surface area contributed by atoms with E-state index < -0.39 is 12.6 Å². The van der Waals surface area contributed by atoms with Crippen molar-refractivity contribution in [2.75, 3.05) is 0 Å². The zero-order valence-corrected chi connectivity index (χ0v) is 30.4. The Balaban J connectivity index is 1.18. The fourth-order valence-electron chi connectivity index (χ4n) is 9.13. The van der Waals surface area contributed by atoms with Gasteiger partial charge in [0.05, 0.1) is 16.4 Å². The molecule has 0 amide bonds. The van der Waals surface area contributed by atoms with Crippen LogP contribution in [0.2, 0.25) is 0 Å². The van der Waals surface area contributed by atoms with Gasteiger partial charge in [-0.3, -0.25) is 0 Å². The molecule has 0 atom stereocenters. The molecular weight excluding hydrogens is 682 g/mol. The Morgan fingerprint density at radius 1 is 0.415 bits per heavy atom. The van der Waals surface area contributed by atoms with Gasteiger partial charge >= 0.3 is 0 Å². The van der Waals surface area contributed by atoms with E-state index in [0.717, 1.165) is 32.6 Å². The second kappa shape index (κ2) is 11.6. The van der Waals surface area contributed by atoms with Gasteiger partial charge in [-0.25, -0.2) is 0 Å². The van der Waals surface area contributed by atoms with Gasteiger partial charge in [0.2, 0.25) is 0 Å². The summed E-state index contributed by atoms with van der Waals surface area (Å²) < 4.78 is 17.6. The van der Waals surface area contributed by atoms with Crippen molar-refractivity contribution in [2.45, 2.75) is 15.2 Å². The van der Waals surface area contributed by atoms with E-state index in [1.165, 1.54) is 53.9 Å². The highest BCUT2D eigenvalue weighted by molar-refractivity contribution is 7.99. The van der Waals surface area contributed by atoms with E-state index in [2.05, 4.69) is 138 Å². The maximum absolute atomic E-state index is 15.2. The van der Waals surface area contributed by atoms with Gasteiger partial charge in [0.15, 0.2) is 7.14 Å².